The van der Waals surface area contributed by atoms with Gasteiger partial charge >= 0.3 is 0 Å². The number of fused-ring (bicyclic) bond motifs is 1. The van der Waals surface area contributed by atoms with Gasteiger partial charge < -0.3 is 4.57 Å². The van der Waals surface area contributed by atoms with Gasteiger partial charge in [0.05, 0.1) is 16.9 Å². The van der Waals surface area contributed by atoms with Gasteiger partial charge in [0, 0.05) is 6.04 Å². The van der Waals surface area contributed by atoms with Gasteiger partial charge in [-0.25, -0.2) is 4.98 Å². The van der Waals surface area contributed by atoms with E-state index >= 15 is 0 Å². The molecule has 0 amide bonds. The van der Waals surface area contributed by atoms with Crippen molar-refractivity contribution in [3.05, 3.63) is 30.1 Å². The Bertz CT molecular complexity index is 476. The van der Waals surface area contributed by atoms with Crippen molar-refractivity contribution in [1.29, 1.82) is 0 Å². The van der Waals surface area contributed by atoms with E-state index in [4.69, 9.17) is 11.6 Å². The minimum atomic E-state index is 0.464. The molecule has 1 heterocycles. The van der Waals surface area contributed by atoms with Gasteiger partial charge in [-0.15, -0.1) is 11.6 Å². The highest BCUT2D eigenvalue weighted by atomic mass is 35.5. The van der Waals surface area contributed by atoms with Crippen LogP contribution in [0.5, 0.6) is 0 Å². The molecule has 1 unspecified atom stereocenters. The Morgan fingerprint density at radius 2 is 2.12 bits per heavy atom. The Balaban J connectivity index is 2.55. The fourth-order valence-electron chi connectivity index (χ4n) is 2.23. The van der Waals surface area contributed by atoms with Crippen molar-refractivity contribution < 1.29 is 0 Å². The number of hydrogen-bond acceptors (Lipinski definition) is 1. The third-order valence-electron chi connectivity index (χ3n) is 2.94. The second-order valence-corrected chi connectivity index (χ2v) is 4.43. The topological polar surface area (TPSA) is 17.8 Å². The maximum absolute atomic E-state index is 5.96. The summed E-state index contributed by atoms with van der Waals surface area (Å²) in [7, 11) is 0. The number of benzene rings is 1. The Labute approximate surface area is 101 Å². The van der Waals surface area contributed by atoms with Crippen LogP contribution in [0.2, 0.25) is 0 Å². The van der Waals surface area contributed by atoms with E-state index in [-0.39, 0.29) is 0 Å². The minimum Gasteiger partial charge on any atom is -0.324 e. The summed E-state index contributed by atoms with van der Waals surface area (Å²) in [4.78, 5) is 4.57. The van der Waals surface area contributed by atoms with E-state index in [1.54, 1.807) is 0 Å². The van der Waals surface area contributed by atoms with Crippen LogP contribution in [-0.4, -0.2) is 9.55 Å². The number of rotatable bonds is 4. The highest BCUT2D eigenvalue weighted by Gasteiger charge is 2.13. The van der Waals surface area contributed by atoms with Crippen molar-refractivity contribution in [1.82, 2.24) is 9.55 Å². The normalized spacial score (nSPS) is 13.2. The standard InChI is InChI=1S/C13H17ClN2/c1-3-6-10(2)16-12-8-5-4-7-11(12)15-13(16)9-14/h4-5,7-8,10H,3,6,9H2,1-2H3. The Hall–Kier alpha value is -1.02. The number of alkyl halides is 1. The molecule has 86 valence electrons. The van der Waals surface area contributed by atoms with Gasteiger partial charge in [-0.2, -0.15) is 0 Å². The number of nitrogens with zero attached hydrogens (tertiary/aromatic N) is 2. The molecule has 0 aliphatic rings. The molecule has 0 spiro atoms. The first-order valence-electron chi connectivity index (χ1n) is 5.79. The summed E-state index contributed by atoms with van der Waals surface area (Å²) < 4.78 is 2.27. The lowest BCUT2D eigenvalue weighted by atomic mass is 10.2. The van der Waals surface area contributed by atoms with Crippen LogP contribution in [0.1, 0.15) is 38.6 Å². The minimum absolute atomic E-state index is 0.464. The fraction of sp³-hybridized carbons (Fsp3) is 0.462. The molecule has 0 saturated carbocycles. The zero-order chi connectivity index (χ0) is 11.5. The predicted octanol–water partition coefficient (Wildman–Crippen LogP) is 4.14. The van der Waals surface area contributed by atoms with Gasteiger partial charge in [0.15, 0.2) is 0 Å². The molecule has 0 N–H and O–H groups in total. The maximum atomic E-state index is 5.96. The van der Waals surface area contributed by atoms with Crippen LogP contribution in [0.15, 0.2) is 24.3 Å². The van der Waals surface area contributed by atoms with Crippen LogP contribution >= 0.6 is 11.6 Å². The lowest BCUT2D eigenvalue weighted by molar-refractivity contribution is 0.500. The van der Waals surface area contributed by atoms with Crippen LogP contribution < -0.4 is 0 Å². The molecule has 16 heavy (non-hydrogen) atoms. The molecule has 2 nitrogen and oxygen atoms in total. The van der Waals surface area contributed by atoms with Crippen molar-refractivity contribution in [2.24, 2.45) is 0 Å². The van der Waals surface area contributed by atoms with Gasteiger partial charge in [-0.05, 0) is 25.5 Å². The second-order valence-electron chi connectivity index (χ2n) is 4.16. The number of hydrogen-bond donors (Lipinski definition) is 0. The molecule has 0 saturated heterocycles. The zero-order valence-electron chi connectivity index (χ0n) is 9.78. The molecule has 1 aromatic heterocycles. The molecule has 0 fully saturated rings. The molecule has 0 aliphatic carbocycles. The summed E-state index contributed by atoms with van der Waals surface area (Å²) in [5.74, 6) is 1.45. The third-order valence-corrected chi connectivity index (χ3v) is 3.17. The molecule has 2 rings (SSSR count). The largest absolute Gasteiger partial charge is 0.324 e. The molecular weight excluding hydrogens is 220 g/mol. The molecule has 0 bridgehead atoms. The van der Waals surface area contributed by atoms with Crippen LogP contribution in [0.4, 0.5) is 0 Å². The van der Waals surface area contributed by atoms with E-state index < -0.39 is 0 Å². The second kappa shape index (κ2) is 4.88. The average Bonchev–Trinajstić information content (AvgIpc) is 2.67. The highest BCUT2D eigenvalue weighted by Crippen LogP contribution is 2.24. The summed E-state index contributed by atoms with van der Waals surface area (Å²) in [5.41, 5.74) is 2.24. The van der Waals surface area contributed by atoms with E-state index in [1.807, 2.05) is 12.1 Å². The summed E-state index contributed by atoms with van der Waals surface area (Å²) in [6, 6.07) is 8.69. The van der Waals surface area contributed by atoms with Gasteiger partial charge in [-0.3, -0.25) is 0 Å². The molecule has 2 aromatic rings. The summed E-state index contributed by atoms with van der Waals surface area (Å²) in [6.45, 7) is 4.43. The molecule has 1 atom stereocenters. The van der Waals surface area contributed by atoms with Crippen molar-refractivity contribution in [3.63, 3.8) is 0 Å². The Morgan fingerprint density at radius 1 is 1.38 bits per heavy atom. The van der Waals surface area contributed by atoms with Crippen LogP contribution in [-0.2, 0) is 5.88 Å². The van der Waals surface area contributed by atoms with Gasteiger partial charge in [0.2, 0.25) is 0 Å². The summed E-state index contributed by atoms with van der Waals surface area (Å²) >= 11 is 5.96. The van der Waals surface area contributed by atoms with E-state index in [1.165, 1.54) is 11.9 Å². The van der Waals surface area contributed by atoms with Gasteiger partial charge in [-0.1, -0.05) is 25.5 Å². The van der Waals surface area contributed by atoms with Gasteiger partial charge in [0.25, 0.3) is 0 Å². The molecule has 0 aliphatic heterocycles. The zero-order valence-corrected chi connectivity index (χ0v) is 10.5. The molecular formula is C13H17ClN2. The monoisotopic (exact) mass is 236 g/mol. The van der Waals surface area contributed by atoms with E-state index in [9.17, 15) is 0 Å². The summed E-state index contributed by atoms with van der Waals surface area (Å²) in [5, 5.41) is 0. The van der Waals surface area contributed by atoms with Crippen LogP contribution in [0, 0.1) is 0 Å². The first kappa shape index (κ1) is 11.5. The Morgan fingerprint density at radius 3 is 2.81 bits per heavy atom. The van der Waals surface area contributed by atoms with Crippen molar-refractivity contribution in [2.45, 2.75) is 38.6 Å². The predicted molar refractivity (Wildman–Crippen MR) is 68.9 cm³/mol. The first-order valence-corrected chi connectivity index (χ1v) is 6.33. The number of halogens is 1. The van der Waals surface area contributed by atoms with E-state index in [0.717, 1.165) is 17.8 Å². The van der Waals surface area contributed by atoms with Crippen molar-refractivity contribution in [2.75, 3.05) is 0 Å². The third kappa shape index (κ3) is 1.94. The molecule has 1 aromatic carbocycles. The maximum Gasteiger partial charge on any atom is 0.125 e. The molecule has 3 heteroatoms. The van der Waals surface area contributed by atoms with E-state index in [2.05, 4.69) is 35.5 Å². The summed E-state index contributed by atoms with van der Waals surface area (Å²) in [6.07, 6.45) is 2.33. The number of aromatic nitrogens is 2. The lowest BCUT2D eigenvalue weighted by Gasteiger charge is -2.15. The van der Waals surface area contributed by atoms with Crippen LogP contribution in [0.25, 0.3) is 11.0 Å². The fourth-order valence-corrected chi connectivity index (χ4v) is 2.42. The van der Waals surface area contributed by atoms with Crippen molar-refractivity contribution >= 4 is 22.6 Å². The first-order chi connectivity index (χ1) is 7.77. The number of para-hydroxylation sites is 2. The highest BCUT2D eigenvalue weighted by molar-refractivity contribution is 6.16. The average molecular weight is 237 g/mol. The number of imidazole rings is 1. The van der Waals surface area contributed by atoms with Gasteiger partial charge in [0.1, 0.15) is 5.82 Å². The Kier molecular flexibility index (Phi) is 3.49. The van der Waals surface area contributed by atoms with E-state index in [0.29, 0.717) is 11.9 Å². The van der Waals surface area contributed by atoms with Crippen molar-refractivity contribution in [3.8, 4) is 0 Å². The smallest absolute Gasteiger partial charge is 0.125 e. The SMILES string of the molecule is CCCC(C)n1c(CCl)nc2ccccc21. The quantitative estimate of drug-likeness (QED) is 0.730. The lowest BCUT2D eigenvalue weighted by Crippen LogP contribution is -2.08. The van der Waals surface area contributed by atoms with Crippen LogP contribution in [0.3, 0.4) is 0 Å². The molecule has 0 radical (unpaired) electrons.